The molecule has 0 unspecified atom stereocenters. The molecule has 0 radical (unpaired) electrons. The summed E-state index contributed by atoms with van der Waals surface area (Å²) >= 11 is 0. The number of nitrogens with zero attached hydrogens (tertiary/aromatic N) is 3. The first-order chi connectivity index (χ1) is 12.3. The number of rotatable bonds is 6. The Labute approximate surface area is 148 Å². The van der Waals surface area contributed by atoms with Crippen molar-refractivity contribution in [3.63, 3.8) is 0 Å². The van der Waals surface area contributed by atoms with Crippen molar-refractivity contribution >= 4 is 5.91 Å². The summed E-state index contributed by atoms with van der Waals surface area (Å²) in [5.41, 5.74) is 0. The lowest BCUT2D eigenvalue weighted by molar-refractivity contribution is -0.135. The van der Waals surface area contributed by atoms with Crippen molar-refractivity contribution in [3.05, 3.63) is 11.7 Å². The molecule has 3 heterocycles. The minimum absolute atomic E-state index is 0.241. The zero-order valence-electron chi connectivity index (χ0n) is 14.7. The lowest BCUT2D eigenvalue weighted by atomic mass is 10.0. The Kier molecular flexibility index (Phi) is 5.31. The Morgan fingerprint density at radius 2 is 1.88 bits per heavy atom. The monoisotopic (exact) mass is 349 g/mol. The lowest BCUT2D eigenvalue weighted by Gasteiger charge is -2.32. The van der Waals surface area contributed by atoms with Crippen LogP contribution in [-0.4, -0.2) is 60.0 Å². The Bertz CT molecular complexity index is 573. The third-order valence-corrected chi connectivity index (χ3v) is 5.41. The molecule has 1 aliphatic carbocycles. The molecule has 7 nitrogen and oxygen atoms in total. The van der Waals surface area contributed by atoms with Crippen molar-refractivity contribution in [1.29, 1.82) is 0 Å². The summed E-state index contributed by atoms with van der Waals surface area (Å²) in [6.07, 6.45) is 6.84. The molecule has 2 saturated heterocycles. The van der Waals surface area contributed by atoms with Gasteiger partial charge in [-0.15, -0.1) is 0 Å². The van der Waals surface area contributed by atoms with Gasteiger partial charge in [0.2, 0.25) is 11.8 Å². The minimum Gasteiger partial charge on any atom is -0.381 e. The van der Waals surface area contributed by atoms with Crippen LogP contribution in [0.15, 0.2) is 4.52 Å². The maximum Gasteiger partial charge on any atom is 0.229 e. The van der Waals surface area contributed by atoms with Gasteiger partial charge in [0.1, 0.15) is 0 Å². The molecular formula is C18H27N3O4. The first kappa shape index (κ1) is 17.0. The summed E-state index contributed by atoms with van der Waals surface area (Å²) < 4.78 is 16.7. The molecule has 0 atom stereocenters. The van der Waals surface area contributed by atoms with E-state index in [1.165, 1.54) is 0 Å². The summed E-state index contributed by atoms with van der Waals surface area (Å²) in [7, 11) is 0. The number of likely N-dealkylation sites (tertiary alicyclic amines) is 1. The molecule has 1 saturated carbocycles. The fourth-order valence-corrected chi connectivity index (χ4v) is 3.63. The maximum absolute atomic E-state index is 12.0. The zero-order valence-corrected chi connectivity index (χ0v) is 14.7. The molecule has 1 amide bonds. The Balaban J connectivity index is 1.16. The molecule has 3 aliphatic rings. The normalized spacial score (nSPS) is 23.1. The molecule has 2 aliphatic heterocycles. The third-order valence-electron chi connectivity index (χ3n) is 5.41. The average Bonchev–Trinajstić information content (AvgIpc) is 3.41. The molecule has 7 heteroatoms. The first-order valence-electron chi connectivity index (χ1n) is 9.60. The first-order valence-corrected chi connectivity index (χ1v) is 9.60. The van der Waals surface area contributed by atoms with E-state index < -0.39 is 0 Å². The molecule has 0 aromatic carbocycles. The molecule has 0 spiro atoms. The van der Waals surface area contributed by atoms with E-state index in [1.54, 1.807) is 0 Å². The molecular weight excluding hydrogens is 322 g/mol. The number of piperidine rings is 1. The number of aromatic nitrogens is 2. The highest BCUT2D eigenvalue weighted by atomic mass is 16.5. The van der Waals surface area contributed by atoms with Gasteiger partial charge in [-0.1, -0.05) is 5.16 Å². The van der Waals surface area contributed by atoms with Crippen molar-refractivity contribution in [1.82, 2.24) is 15.0 Å². The van der Waals surface area contributed by atoms with Gasteiger partial charge in [-0.25, -0.2) is 0 Å². The van der Waals surface area contributed by atoms with Gasteiger partial charge in [0.15, 0.2) is 5.82 Å². The summed E-state index contributed by atoms with van der Waals surface area (Å²) in [5.74, 6) is 2.48. The third kappa shape index (κ3) is 4.39. The van der Waals surface area contributed by atoms with Crippen molar-refractivity contribution in [3.8, 4) is 0 Å². The van der Waals surface area contributed by atoms with Crippen LogP contribution in [0, 0.1) is 5.92 Å². The molecule has 1 aromatic rings. The van der Waals surface area contributed by atoms with Gasteiger partial charge in [0.05, 0.1) is 12.7 Å². The fraction of sp³-hybridized carbons (Fsp3) is 0.833. The standard InChI is InChI=1S/C18H27N3O4/c22-18(14-1-2-14)21-8-3-15(4-9-21)24-12-7-16-19-17(25-20-16)13-5-10-23-11-6-13/h13-15H,1-12H2. The maximum atomic E-state index is 12.0. The van der Waals surface area contributed by atoms with Gasteiger partial charge < -0.3 is 18.9 Å². The topological polar surface area (TPSA) is 77.7 Å². The van der Waals surface area contributed by atoms with Gasteiger partial charge >= 0.3 is 0 Å². The zero-order chi connectivity index (χ0) is 17.1. The highest BCUT2D eigenvalue weighted by molar-refractivity contribution is 5.81. The summed E-state index contributed by atoms with van der Waals surface area (Å²) in [6, 6.07) is 0. The lowest BCUT2D eigenvalue weighted by Crippen LogP contribution is -2.41. The van der Waals surface area contributed by atoms with Crippen LogP contribution >= 0.6 is 0 Å². The molecule has 0 bridgehead atoms. The van der Waals surface area contributed by atoms with Gasteiger partial charge in [-0.2, -0.15) is 4.98 Å². The van der Waals surface area contributed by atoms with Crippen LogP contribution < -0.4 is 0 Å². The highest BCUT2D eigenvalue weighted by Gasteiger charge is 2.35. The van der Waals surface area contributed by atoms with Gasteiger partial charge in [0.25, 0.3) is 0 Å². The van der Waals surface area contributed by atoms with E-state index in [1.807, 2.05) is 4.90 Å². The van der Waals surface area contributed by atoms with Crippen molar-refractivity contribution in [2.75, 3.05) is 32.9 Å². The van der Waals surface area contributed by atoms with E-state index in [4.69, 9.17) is 14.0 Å². The van der Waals surface area contributed by atoms with E-state index in [0.29, 0.717) is 30.8 Å². The summed E-state index contributed by atoms with van der Waals surface area (Å²) in [5, 5.41) is 4.08. The minimum atomic E-state index is 0.241. The van der Waals surface area contributed by atoms with Crippen LogP contribution in [0.1, 0.15) is 56.2 Å². The second kappa shape index (κ2) is 7.83. The quantitative estimate of drug-likeness (QED) is 0.781. The summed E-state index contributed by atoms with van der Waals surface area (Å²) in [4.78, 5) is 18.6. The Hall–Kier alpha value is -1.47. The largest absolute Gasteiger partial charge is 0.381 e. The fourth-order valence-electron chi connectivity index (χ4n) is 3.63. The van der Waals surface area contributed by atoms with Crippen LogP contribution in [0.3, 0.4) is 0 Å². The van der Waals surface area contributed by atoms with Crippen LogP contribution in [0.4, 0.5) is 0 Å². The highest BCUT2D eigenvalue weighted by Crippen LogP contribution is 2.32. The molecule has 138 valence electrons. The molecule has 3 fully saturated rings. The second-order valence-electron chi connectivity index (χ2n) is 7.36. The van der Waals surface area contributed by atoms with E-state index in [2.05, 4.69) is 10.1 Å². The Morgan fingerprint density at radius 1 is 1.12 bits per heavy atom. The van der Waals surface area contributed by atoms with E-state index in [9.17, 15) is 4.79 Å². The number of hydrogen-bond donors (Lipinski definition) is 0. The van der Waals surface area contributed by atoms with Crippen LogP contribution in [0.2, 0.25) is 0 Å². The van der Waals surface area contributed by atoms with Gasteiger partial charge in [0, 0.05) is 44.6 Å². The second-order valence-corrected chi connectivity index (χ2v) is 7.36. The van der Waals surface area contributed by atoms with Gasteiger partial charge in [-0.05, 0) is 38.5 Å². The number of carbonyl (C=O) groups excluding carboxylic acids is 1. The van der Waals surface area contributed by atoms with Crippen molar-refractivity contribution in [2.45, 2.75) is 57.0 Å². The number of amides is 1. The number of ether oxygens (including phenoxy) is 2. The van der Waals surface area contributed by atoms with Crippen LogP contribution in [0.25, 0.3) is 0 Å². The van der Waals surface area contributed by atoms with E-state index in [-0.39, 0.29) is 6.10 Å². The predicted octanol–water partition coefficient (Wildman–Crippen LogP) is 1.92. The number of carbonyl (C=O) groups is 1. The van der Waals surface area contributed by atoms with Crippen LogP contribution in [0.5, 0.6) is 0 Å². The molecule has 25 heavy (non-hydrogen) atoms. The molecule has 4 rings (SSSR count). The number of hydrogen-bond acceptors (Lipinski definition) is 6. The smallest absolute Gasteiger partial charge is 0.229 e. The average molecular weight is 349 g/mol. The van der Waals surface area contributed by atoms with E-state index >= 15 is 0 Å². The predicted molar refractivity (Wildman–Crippen MR) is 89.1 cm³/mol. The summed E-state index contributed by atoms with van der Waals surface area (Å²) in [6.45, 7) is 3.81. The van der Waals surface area contributed by atoms with Crippen LogP contribution in [-0.2, 0) is 20.7 Å². The Morgan fingerprint density at radius 3 is 2.60 bits per heavy atom. The van der Waals surface area contributed by atoms with Gasteiger partial charge in [-0.3, -0.25) is 4.79 Å². The molecule has 0 N–H and O–H groups in total. The van der Waals surface area contributed by atoms with E-state index in [0.717, 1.165) is 76.5 Å². The van der Waals surface area contributed by atoms with Crippen molar-refractivity contribution < 1.29 is 18.8 Å². The van der Waals surface area contributed by atoms with Crippen molar-refractivity contribution in [2.24, 2.45) is 5.92 Å². The molecule has 1 aromatic heterocycles. The SMILES string of the molecule is O=C(C1CC1)N1CCC(OCCc2noc(C3CCOCC3)n2)CC1.